The first-order valence-corrected chi connectivity index (χ1v) is 4.75. The second kappa shape index (κ2) is 4.65. The third kappa shape index (κ3) is 2.42. The molecule has 0 bridgehead atoms. The maximum atomic E-state index is 9.47. The highest BCUT2D eigenvalue weighted by Gasteiger charge is 2.04. The largest absolute Gasteiger partial charge is 0.506 e. The topological polar surface area (TPSA) is 92.5 Å². The molecule has 0 aromatic heterocycles. The van der Waals surface area contributed by atoms with Crippen molar-refractivity contribution >= 4 is 11.4 Å². The van der Waals surface area contributed by atoms with E-state index >= 15 is 0 Å². The Hall–Kier alpha value is -2.36. The number of phenolic OH excluding ortho intramolecular Hbond substituents is 2. The molecule has 0 saturated carbocycles. The van der Waals surface area contributed by atoms with Crippen molar-refractivity contribution in [3.05, 3.63) is 36.4 Å². The number of anilines is 2. The van der Waals surface area contributed by atoms with E-state index in [9.17, 15) is 10.2 Å². The molecule has 0 fully saturated rings. The molecule has 0 heterocycles. The molecule has 2 rings (SSSR count). The van der Waals surface area contributed by atoms with Crippen LogP contribution in [0.4, 0.5) is 11.4 Å². The quantitative estimate of drug-likeness (QED) is 0.449. The predicted octanol–water partition coefficient (Wildman–Crippen LogP) is 2.57. The molecular weight excluding hydrogens is 216 g/mol. The summed E-state index contributed by atoms with van der Waals surface area (Å²) in [6, 6.07) is 9.83. The Balaban J connectivity index is 0.00000144. The third-order valence-corrected chi connectivity index (χ3v) is 2.39. The van der Waals surface area contributed by atoms with Gasteiger partial charge in [0.2, 0.25) is 0 Å². The number of hydrogen-bond donors (Lipinski definition) is 4. The minimum atomic E-state index is 0. The smallest absolute Gasteiger partial charge is 0.139 e. The van der Waals surface area contributed by atoms with Crippen molar-refractivity contribution in [3.63, 3.8) is 0 Å². The number of hydrogen-bond acceptors (Lipinski definition) is 4. The molecule has 0 saturated heterocycles. The molecule has 2 aromatic rings. The summed E-state index contributed by atoms with van der Waals surface area (Å²) in [4.78, 5) is 0. The average Bonchev–Trinajstić information content (AvgIpc) is 2.26. The lowest BCUT2D eigenvalue weighted by Crippen LogP contribution is -1.88. The molecule has 0 aliphatic heterocycles. The fourth-order valence-electron chi connectivity index (χ4n) is 1.45. The molecule has 0 spiro atoms. The lowest BCUT2D eigenvalue weighted by Gasteiger charge is -2.06. The number of aromatic hydroxyl groups is 2. The molecule has 6 N–H and O–H groups in total. The van der Waals surface area contributed by atoms with Crippen molar-refractivity contribution < 1.29 is 10.2 Å². The third-order valence-electron chi connectivity index (χ3n) is 2.39. The lowest BCUT2D eigenvalue weighted by molar-refractivity contribution is 0.477. The van der Waals surface area contributed by atoms with Gasteiger partial charge in [-0.05, 0) is 35.4 Å². The van der Waals surface area contributed by atoms with Crippen molar-refractivity contribution in [1.29, 1.82) is 0 Å². The van der Waals surface area contributed by atoms with E-state index in [1.54, 1.807) is 36.4 Å². The summed E-state index contributed by atoms with van der Waals surface area (Å²) in [5.74, 6) is 0.0441. The van der Waals surface area contributed by atoms with Crippen LogP contribution in [0.5, 0.6) is 11.5 Å². The van der Waals surface area contributed by atoms with E-state index in [-0.39, 0.29) is 18.9 Å². The zero-order valence-electron chi connectivity index (χ0n) is 8.51. The Bertz CT molecular complexity index is 489. The number of benzene rings is 2. The van der Waals surface area contributed by atoms with Crippen molar-refractivity contribution in [1.82, 2.24) is 0 Å². The Morgan fingerprint density at radius 3 is 1.35 bits per heavy atom. The molecule has 0 unspecified atom stereocenters. The second-order valence-electron chi connectivity index (χ2n) is 3.55. The second-order valence-corrected chi connectivity index (χ2v) is 3.55. The summed E-state index contributed by atoms with van der Waals surface area (Å²) in [7, 11) is 0. The van der Waals surface area contributed by atoms with E-state index in [1.807, 2.05) is 0 Å². The summed E-state index contributed by atoms with van der Waals surface area (Å²) in [5.41, 5.74) is 13.2. The molecular formula is C13H16N2O2. The van der Waals surface area contributed by atoms with Gasteiger partial charge in [-0.2, -0.15) is 0 Å². The standard InChI is InChI=1S/C12H12N2O2.CH4/c13-9-3-1-7(5-11(9)15)8-2-4-10(14)12(16)6-8;/h1-6,15-16H,13-14H2;1H4. The Labute approximate surface area is 100 Å². The van der Waals surface area contributed by atoms with Gasteiger partial charge in [-0.1, -0.05) is 19.6 Å². The Kier molecular flexibility index (Phi) is 3.48. The van der Waals surface area contributed by atoms with Crippen molar-refractivity contribution in [2.24, 2.45) is 0 Å². The normalized spacial score (nSPS) is 9.65. The minimum absolute atomic E-state index is 0. The van der Waals surface area contributed by atoms with E-state index in [4.69, 9.17) is 11.5 Å². The number of nitrogens with two attached hydrogens (primary N) is 2. The van der Waals surface area contributed by atoms with E-state index < -0.39 is 0 Å². The van der Waals surface area contributed by atoms with E-state index in [1.165, 1.54) is 0 Å². The molecule has 90 valence electrons. The van der Waals surface area contributed by atoms with Crippen LogP contribution in [-0.4, -0.2) is 10.2 Å². The molecule has 0 aliphatic carbocycles. The molecule has 0 amide bonds. The summed E-state index contributed by atoms with van der Waals surface area (Å²) in [6.45, 7) is 0. The SMILES string of the molecule is C.Nc1ccc(-c2ccc(N)c(O)c2)cc1O. The Morgan fingerprint density at radius 2 is 1.06 bits per heavy atom. The molecule has 0 atom stereocenters. The van der Waals surface area contributed by atoms with Crippen LogP contribution in [0.1, 0.15) is 7.43 Å². The first kappa shape index (κ1) is 12.7. The molecule has 4 heteroatoms. The molecule has 17 heavy (non-hydrogen) atoms. The lowest BCUT2D eigenvalue weighted by atomic mass is 10.0. The van der Waals surface area contributed by atoms with Gasteiger partial charge in [0.25, 0.3) is 0 Å². The van der Waals surface area contributed by atoms with Crippen molar-refractivity contribution in [2.75, 3.05) is 11.5 Å². The summed E-state index contributed by atoms with van der Waals surface area (Å²) < 4.78 is 0. The average molecular weight is 232 g/mol. The monoisotopic (exact) mass is 232 g/mol. The van der Waals surface area contributed by atoms with Crippen LogP contribution in [0.15, 0.2) is 36.4 Å². The maximum absolute atomic E-state index is 9.47. The van der Waals surface area contributed by atoms with Gasteiger partial charge in [-0.3, -0.25) is 0 Å². The summed E-state index contributed by atoms with van der Waals surface area (Å²) >= 11 is 0. The van der Waals surface area contributed by atoms with Crippen LogP contribution in [-0.2, 0) is 0 Å². The van der Waals surface area contributed by atoms with Gasteiger partial charge in [0.15, 0.2) is 0 Å². The molecule has 4 nitrogen and oxygen atoms in total. The van der Waals surface area contributed by atoms with Crippen LogP contribution in [0.2, 0.25) is 0 Å². The zero-order valence-corrected chi connectivity index (χ0v) is 8.51. The van der Waals surface area contributed by atoms with Crippen LogP contribution in [0.3, 0.4) is 0 Å². The first-order valence-electron chi connectivity index (χ1n) is 4.75. The predicted molar refractivity (Wildman–Crippen MR) is 70.8 cm³/mol. The van der Waals surface area contributed by atoms with Crippen molar-refractivity contribution in [2.45, 2.75) is 7.43 Å². The molecule has 0 radical (unpaired) electrons. The van der Waals surface area contributed by atoms with Crippen LogP contribution >= 0.6 is 0 Å². The van der Waals surface area contributed by atoms with Gasteiger partial charge in [-0.25, -0.2) is 0 Å². The maximum Gasteiger partial charge on any atom is 0.139 e. The van der Waals surface area contributed by atoms with E-state index in [0.29, 0.717) is 11.4 Å². The van der Waals surface area contributed by atoms with Crippen LogP contribution in [0, 0.1) is 0 Å². The zero-order chi connectivity index (χ0) is 11.7. The minimum Gasteiger partial charge on any atom is -0.506 e. The van der Waals surface area contributed by atoms with Gasteiger partial charge >= 0.3 is 0 Å². The van der Waals surface area contributed by atoms with E-state index in [0.717, 1.165) is 11.1 Å². The molecule has 0 aliphatic rings. The first-order chi connectivity index (χ1) is 7.58. The highest BCUT2D eigenvalue weighted by Crippen LogP contribution is 2.31. The number of rotatable bonds is 1. The van der Waals surface area contributed by atoms with Crippen LogP contribution in [0.25, 0.3) is 11.1 Å². The summed E-state index contributed by atoms with van der Waals surface area (Å²) in [5, 5.41) is 18.9. The van der Waals surface area contributed by atoms with Gasteiger partial charge in [0, 0.05) is 0 Å². The van der Waals surface area contributed by atoms with Gasteiger partial charge in [0.1, 0.15) is 11.5 Å². The fourth-order valence-corrected chi connectivity index (χ4v) is 1.45. The number of nitrogen functional groups attached to an aromatic ring is 2. The van der Waals surface area contributed by atoms with Gasteiger partial charge in [0.05, 0.1) is 11.4 Å². The van der Waals surface area contributed by atoms with E-state index in [2.05, 4.69) is 0 Å². The van der Waals surface area contributed by atoms with Gasteiger partial charge < -0.3 is 21.7 Å². The van der Waals surface area contributed by atoms with Crippen LogP contribution < -0.4 is 11.5 Å². The molecule has 2 aromatic carbocycles. The van der Waals surface area contributed by atoms with Crippen molar-refractivity contribution in [3.8, 4) is 22.6 Å². The van der Waals surface area contributed by atoms with Gasteiger partial charge in [-0.15, -0.1) is 0 Å². The summed E-state index contributed by atoms with van der Waals surface area (Å²) in [6.07, 6.45) is 0. The highest BCUT2D eigenvalue weighted by molar-refractivity contribution is 5.73. The Morgan fingerprint density at radius 1 is 0.706 bits per heavy atom. The highest BCUT2D eigenvalue weighted by atomic mass is 16.3. The number of phenols is 2. The fraction of sp³-hybridized carbons (Fsp3) is 0.0769.